The third kappa shape index (κ3) is 5.91. The second-order valence-electron chi connectivity index (χ2n) is 9.69. The number of Topliss-reactive ketones (excluding diaryl/α,β-unsaturated/α-hetero) is 1. The molecule has 9 nitrogen and oxygen atoms in total. The number of nitrogens with zero attached hydrogens (tertiary/aromatic N) is 3. The van der Waals surface area contributed by atoms with Gasteiger partial charge in [0.1, 0.15) is 11.5 Å². The highest BCUT2D eigenvalue weighted by Crippen LogP contribution is 2.40. The Hall–Kier alpha value is -3.72. The van der Waals surface area contributed by atoms with E-state index in [1.54, 1.807) is 24.3 Å². The summed E-state index contributed by atoms with van der Waals surface area (Å²) in [6.07, 6.45) is 0.590. The number of rotatable bonds is 10. The molecule has 2 aromatic rings. The summed E-state index contributed by atoms with van der Waals surface area (Å²) in [6, 6.07) is 9.96. The van der Waals surface area contributed by atoms with E-state index in [1.165, 1.54) is 23.1 Å². The first-order valence-electron chi connectivity index (χ1n) is 11.9. The molecule has 1 heterocycles. The van der Waals surface area contributed by atoms with Gasteiger partial charge in [-0.2, -0.15) is 0 Å². The first-order chi connectivity index (χ1) is 17.0. The first-order valence-corrected chi connectivity index (χ1v) is 11.9. The highest BCUT2D eigenvalue weighted by atomic mass is 16.6. The molecule has 2 aromatic carbocycles. The van der Waals surface area contributed by atoms with Crippen molar-refractivity contribution in [2.24, 2.45) is 5.92 Å². The Morgan fingerprint density at radius 1 is 1.19 bits per heavy atom. The molecular formula is C27H33N3O6. The average Bonchev–Trinajstić information content (AvgIpc) is 3.07. The fourth-order valence-electron chi connectivity index (χ4n) is 4.19. The molecule has 1 saturated heterocycles. The molecule has 1 atom stereocenters. The van der Waals surface area contributed by atoms with E-state index < -0.39 is 22.7 Å². The monoisotopic (exact) mass is 495 g/mol. The van der Waals surface area contributed by atoms with Crippen molar-refractivity contribution in [2.45, 2.75) is 33.2 Å². The lowest BCUT2D eigenvalue weighted by molar-refractivity contribution is -0.384. The number of aryl methyl sites for hydroxylation is 1. The summed E-state index contributed by atoms with van der Waals surface area (Å²) in [7, 11) is 3.81. The molecule has 0 spiro atoms. The van der Waals surface area contributed by atoms with Crippen LogP contribution in [-0.2, 0) is 9.59 Å². The van der Waals surface area contributed by atoms with Crippen LogP contribution >= 0.6 is 0 Å². The molecule has 1 fully saturated rings. The van der Waals surface area contributed by atoms with E-state index in [1.807, 2.05) is 39.8 Å². The number of hydrogen-bond donors (Lipinski definition) is 1. The minimum absolute atomic E-state index is 0.0828. The van der Waals surface area contributed by atoms with E-state index in [9.17, 15) is 24.8 Å². The maximum atomic E-state index is 13.2. The molecule has 0 saturated carbocycles. The van der Waals surface area contributed by atoms with Crippen LogP contribution in [0, 0.1) is 23.0 Å². The molecular weight excluding hydrogens is 462 g/mol. The number of nitro groups is 1. The van der Waals surface area contributed by atoms with Gasteiger partial charge in [0.25, 0.3) is 17.4 Å². The number of carbonyl (C=O) groups excluding carboxylic acids is 2. The van der Waals surface area contributed by atoms with E-state index in [4.69, 9.17) is 4.74 Å². The third-order valence-electron chi connectivity index (χ3n) is 5.96. The van der Waals surface area contributed by atoms with E-state index in [-0.39, 0.29) is 23.6 Å². The minimum atomic E-state index is -0.941. The highest BCUT2D eigenvalue weighted by Gasteiger charge is 2.46. The van der Waals surface area contributed by atoms with Gasteiger partial charge in [0.2, 0.25) is 0 Å². The number of ether oxygens (including phenoxy) is 1. The SMILES string of the molecule is Cc1cc(C(O)=C2C(=O)C(=O)N(CCCN(C)C)[C@H]2c2cccc([N+](=O)[O-])c2)ccc1OCC(C)C. The maximum Gasteiger partial charge on any atom is 0.295 e. The molecule has 0 aromatic heterocycles. The van der Waals surface area contributed by atoms with Crippen LogP contribution in [0.2, 0.25) is 0 Å². The number of ketones is 1. The first kappa shape index (κ1) is 26.9. The lowest BCUT2D eigenvalue weighted by Crippen LogP contribution is -2.32. The summed E-state index contributed by atoms with van der Waals surface area (Å²) in [5.41, 5.74) is 1.29. The van der Waals surface area contributed by atoms with Crippen LogP contribution in [0.1, 0.15) is 43.0 Å². The Bertz CT molecular complexity index is 1190. The smallest absolute Gasteiger partial charge is 0.295 e. The number of aliphatic hydroxyl groups is 1. The van der Waals surface area contributed by atoms with Crippen LogP contribution in [0.15, 0.2) is 48.0 Å². The van der Waals surface area contributed by atoms with Gasteiger partial charge >= 0.3 is 0 Å². The predicted octanol–water partition coefficient (Wildman–Crippen LogP) is 4.31. The van der Waals surface area contributed by atoms with Crippen LogP contribution in [0.5, 0.6) is 5.75 Å². The third-order valence-corrected chi connectivity index (χ3v) is 5.96. The van der Waals surface area contributed by atoms with Crippen LogP contribution in [0.4, 0.5) is 5.69 Å². The van der Waals surface area contributed by atoms with Crippen molar-refractivity contribution < 1.29 is 24.4 Å². The molecule has 1 amide bonds. The van der Waals surface area contributed by atoms with Gasteiger partial charge in [-0.25, -0.2) is 0 Å². The Morgan fingerprint density at radius 3 is 2.53 bits per heavy atom. The summed E-state index contributed by atoms with van der Waals surface area (Å²) < 4.78 is 5.81. The number of likely N-dealkylation sites (tertiary alicyclic amines) is 1. The van der Waals surface area contributed by atoms with Gasteiger partial charge in [-0.3, -0.25) is 19.7 Å². The second kappa shape index (κ2) is 11.3. The standard InChI is InChI=1S/C27H33N3O6/c1-17(2)16-36-22-11-10-20(14-18(22)3)25(31)23-24(19-8-6-9-21(15-19)30(34)35)29(27(33)26(23)32)13-7-12-28(4)5/h6,8-11,14-15,17,24,31H,7,12-13,16H2,1-5H3/t24-/m0/s1. The lowest BCUT2D eigenvalue weighted by Gasteiger charge is -2.26. The van der Waals surface area contributed by atoms with Gasteiger partial charge < -0.3 is 19.6 Å². The van der Waals surface area contributed by atoms with Crippen molar-refractivity contribution in [1.82, 2.24) is 9.80 Å². The number of benzene rings is 2. The largest absolute Gasteiger partial charge is 0.507 e. The van der Waals surface area contributed by atoms with Crippen molar-refractivity contribution in [3.63, 3.8) is 0 Å². The molecule has 1 N–H and O–H groups in total. The number of aliphatic hydroxyl groups excluding tert-OH is 1. The number of carbonyl (C=O) groups is 2. The summed E-state index contributed by atoms with van der Waals surface area (Å²) in [6.45, 7) is 7.40. The van der Waals surface area contributed by atoms with Gasteiger partial charge in [0.05, 0.1) is 23.1 Å². The maximum absolute atomic E-state index is 13.2. The van der Waals surface area contributed by atoms with Gasteiger partial charge in [-0.1, -0.05) is 26.0 Å². The van der Waals surface area contributed by atoms with E-state index in [0.717, 1.165) is 5.56 Å². The zero-order valence-corrected chi connectivity index (χ0v) is 21.4. The average molecular weight is 496 g/mol. The Labute approximate surface area is 211 Å². The van der Waals surface area contributed by atoms with Crippen LogP contribution in [-0.4, -0.2) is 65.3 Å². The van der Waals surface area contributed by atoms with Crippen LogP contribution in [0.25, 0.3) is 5.76 Å². The predicted molar refractivity (Wildman–Crippen MR) is 137 cm³/mol. The molecule has 36 heavy (non-hydrogen) atoms. The Kier molecular flexibility index (Phi) is 8.47. The van der Waals surface area contributed by atoms with Crippen molar-refractivity contribution in [1.29, 1.82) is 0 Å². The van der Waals surface area contributed by atoms with Gasteiger partial charge in [0, 0.05) is 24.2 Å². The Morgan fingerprint density at radius 2 is 1.92 bits per heavy atom. The lowest BCUT2D eigenvalue weighted by atomic mass is 9.94. The molecule has 0 unspecified atom stereocenters. The molecule has 1 aliphatic rings. The van der Waals surface area contributed by atoms with Crippen molar-refractivity contribution >= 4 is 23.1 Å². The van der Waals surface area contributed by atoms with Crippen molar-refractivity contribution in [2.75, 3.05) is 33.8 Å². The number of hydrogen-bond acceptors (Lipinski definition) is 7. The fraction of sp³-hybridized carbons (Fsp3) is 0.407. The fourth-order valence-corrected chi connectivity index (χ4v) is 4.19. The molecule has 192 valence electrons. The normalized spacial score (nSPS) is 17.3. The van der Waals surface area contributed by atoms with E-state index in [0.29, 0.717) is 42.4 Å². The second-order valence-corrected chi connectivity index (χ2v) is 9.69. The van der Waals surface area contributed by atoms with Crippen LogP contribution < -0.4 is 4.74 Å². The zero-order chi connectivity index (χ0) is 26.6. The van der Waals surface area contributed by atoms with Gasteiger partial charge in [-0.15, -0.1) is 0 Å². The molecule has 0 aliphatic carbocycles. The molecule has 3 rings (SSSR count). The number of non-ortho nitro benzene ring substituents is 1. The van der Waals surface area contributed by atoms with Gasteiger partial charge in [0.15, 0.2) is 0 Å². The van der Waals surface area contributed by atoms with Gasteiger partial charge in [-0.05, 0) is 69.2 Å². The number of amides is 1. The molecule has 9 heteroatoms. The van der Waals surface area contributed by atoms with Crippen LogP contribution in [0.3, 0.4) is 0 Å². The Balaban J connectivity index is 2.09. The van der Waals surface area contributed by atoms with Crippen molar-refractivity contribution in [3.05, 3.63) is 74.8 Å². The molecule has 1 aliphatic heterocycles. The van der Waals surface area contributed by atoms with E-state index >= 15 is 0 Å². The topological polar surface area (TPSA) is 113 Å². The molecule has 0 bridgehead atoms. The molecule has 0 radical (unpaired) electrons. The highest BCUT2D eigenvalue weighted by molar-refractivity contribution is 6.46. The van der Waals surface area contributed by atoms with E-state index in [2.05, 4.69) is 0 Å². The zero-order valence-electron chi connectivity index (χ0n) is 21.4. The number of nitro benzene ring substituents is 1. The van der Waals surface area contributed by atoms with Crippen molar-refractivity contribution in [3.8, 4) is 5.75 Å². The summed E-state index contributed by atoms with van der Waals surface area (Å²) in [5, 5.41) is 22.7. The minimum Gasteiger partial charge on any atom is -0.507 e. The summed E-state index contributed by atoms with van der Waals surface area (Å²) >= 11 is 0. The summed E-state index contributed by atoms with van der Waals surface area (Å²) in [5.74, 6) is -0.860. The summed E-state index contributed by atoms with van der Waals surface area (Å²) in [4.78, 5) is 40.5. The quantitative estimate of drug-likeness (QED) is 0.172.